The van der Waals surface area contributed by atoms with Crippen molar-refractivity contribution >= 4 is 21.6 Å². The average molecular weight is 301 g/mol. The monoisotopic (exact) mass is 300 g/mol. The molecule has 0 amide bonds. The second kappa shape index (κ2) is 5.23. The Bertz CT molecular complexity index is 464. The van der Waals surface area contributed by atoms with Crippen molar-refractivity contribution in [2.24, 2.45) is 0 Å². The maximum atomic E-state index is 12.0. The molecule has 1 unspecified atom stereocenters. The summed E-state index contributed by atoms with van der Waals surface area (Å²) >= 11 is 3.29. The van der Waals surface area contributed by atoms with Gasteiger partial charge in [0.2, 0.25) is 0 Å². The third kappa shape index (κ3) is 2.72. The Kier molecular flexibility index (Phi) is 3.89. The van der Waals surface area contributed by atoms with Gasteiger partial charge < -0.3 is 15.0 Å². The van der Waals surface area contributed by atoms with Gasteiger partial charge in [-0.05, 0) is 47.7 Å². The van der Waals surface area contributed by atoms with E-state index >= 15 is 0 Å². The van der Waals surface area contributed by atoms with E-state index in [2.05, 4.69) is 15.9 Å². The van der Waals surface area contributed by atoms with Gasteiger partial charge >= 0.3 is 0 Å². The van der Waals surface area contributed by atoms with Crippen LogP contribution in [-0.2, 0) is 11.3 Å². The Labute approximate surface area is 109 Å². The molecule has 0 spiro atoms. The van der Waals surface area contributed by atoms with Crippen LogP contribution in [0.4, 0.5) is 5.69 Å². The molecule has 1 saturated heterocycles. The number of nitrogens with zero attached hydrogens (tertiary/aromatic N) is 1. The second-order valence-corrected chi connectivity index (χ2v) is 5.24. The summed E-state index contributed by atoms with van der Waals surface area (Å²) < 4.78 is 7.76. The predicted octanol–water partition coefficient (Wildman–Crippen LogP) is 2.07. The summed E-state index contributed by atoms with van der Waals surface area (Å²) in [4.78, 5) is 12.0. The van der Waals surface area contributed by atoms with Crippen LogP contribution in [0.25, 0.3) is 0 Å². The summed E-state index contributed by atoms with van der Waals surface area (Å²) in [5.41, 5.74) is 7.29. The van der Waals surface area contributed by atoms with Crippen LogP contribution >= 0.6 is 15.9 Å². The van der Waals surface area contributed by atoms with Crippen LogP contribution in [-0.4, -0.2) is 17.3 Å². The zero-order chi connectivity index (χ0) is 12.4. The first-order valence-electron chi connectivity index (χ1n) is 5.86. The molecule has 0 bridgehead atoms. The van der Waals surface area contributed by atoms with Gasteiger partial charge in [-0.1, -0.05) is 0 Å². The molecule has 0 radical (unpaired) electrons. The van der Waals surface area contributed by atoms with E-state index in [0.717, 1.165) is 31.4 Å². The van der Waals surface area contributed by atoms with Gasteiger partial charge in [-0.3, -0.25) is 4.79 Å². The maximum absolute atomic E-state index is 12.0. The van der Waals surface area contributed by atoms with Crippen molar-refractivity contribution < 1.29 is 4.74 Å². The van der Waals surface area contributed by atoms with Gasteiger partial charge in [0.25, 0.3) is 5.56 Å². The van der Waals surface area contributed by atoms with Gasteiger partial charge in [0, 0.05) is 19.3 Å². The van der Waals surface area contributed by atoms with Gasteiger partial charge in [-0.15, -0.1) is 0 Å². The topological polar surface area (TPSA) is 57.2 Å². The lowest BCUT2D eigenvalue weighted by atomic mass is 10.2. The summed E-state index contributed by atoms with van der Waals surface area (Å²) in [5.74, 6) is 0. The van der Waals surface area contributed by atoms with Crippen LogP contribution in [0.1, 0.15) is 24.8 Å². The van der Waals surface area contributed by atoms with Crippen LogP contribution in [0, 0.1) is 6.92 Å². The van der Waals surface area contributed by atoms with E-state index in [4.69, 9.17) is 10.5 Å². The van der Waals surface area contributed by atoms with E-state index in [1.54, 1.807) is 10.8 Å². The molecule has 94 valence electrons. The number of hydrogen-bond donors (Lipinski definition) is 1. The fraction of sp³-hybridized carbons (Fsp3) is 0.583. The molecule has 4 nitrogen and oxygen atoms in total. The minimum Gasteiger partial charge on any atom is -0.397 e. The molecule has 1 aromatic rings. The average Bonchev–Trinajstić information content (AvgIpc) is 2.82. The number of nitrogens with two attached hydrogens (primary N) is 1. The van der Waals surface area contributed by atoms with E-state index < -0.39 is 0 Å². The van der Waals surface area contributed by atoms with Crippen molar-refractivity contribution in [3.05, 3.63) is 26.6 Å². The van der Waals surface area contributed by atoms with Gasteiger partial charge in [0.05, 0.1) is 16.3 Å². The summed E-state index contributed by atoms with van der Waals surface area (Å²) in [6.45, 7) is 3.34. The van der Waals surface area contributed by atoms with Crippen molar-refractivity contribution in [3.8, 4) is 0 Å². The first-order chi connectivity index (χ1) is 8.09. The smallest absolute Gasteiger partial charge is 0.265 e. The summed E-state index contributed by atoms with van der Waals surface area (Å²) in [6.07, 6.45) is 5.10. The molecule has 1 aromatic heterocycles. The Morgan fingerprint density at radius 3 is 3.06 bits per heavy atom. The zero-order valence-electron chi connectivity index (χ0n) is 9.91. The lowest BCUT2D eigenvalue weighted by Gasteiger charge is -2.13. The number of anilines is 1. The highest BCUT2D eigenvalue weighted by Gasteiger charge is 2.16. The molecule has 5 heteroatoms. The van der Waals surface area contributed by atoms with Crippen LogP contribution in [0.5, 0.6) is 0 Å². The van der Waals surface area contributed by atoms with E-state index in [0.29, 0.717) is 22.8 Å². The molecule has 1 aliphatic rings. The highest BCUT2D eigenvalue weighted by atomic mass is 79.9. The molecule has 2 heterocycles. The van der Waals surface area contributed by atoms with Crippen molar-refractivity contribution in [1.82, 2.24) is 4.57 Å². The molecule has 0 aliphatic carbocycles. The molecule has 1 aliphatic heterocycles. The van der Waals surface area contributed by atoms with Crippen LogP contribution < -0.4 is 11.3 Å². The van der Waals surface area contributed by atoms with Gasteiger partial charge in [0.1, 0.15) is 0 Å². The lowest BCUT2D eigenvalue weighted by Crippen LogP contribution is -2.24. The number of halogens is 1. The molecular formula is C12H17BrN2O2. The molecule has 2 rings (SSSR count). The summed E-state index contributed by atoms with van der Waals surface area (Å²) in [5, 5.41) is 0. The Balaban J connectivity index is 2.13. The molecule has 17 heavy (non-hydrogen) atoms. The summed E-state index contributed by atoms with van der Waals surface area (Å²) in [6, 6.07) is 0. The largest absolute Gasteiger partial charge is 0.397 e. The molecular weight excluding hydrogens is 284 g/mol. The Morgan fingerprint density at radius 1 is 1.65 bits per heavy atom. The normalized spacial score (nSPS) is 19.8. The SMILES string of the molecule is Cc1c(N)cn(CCC2CCCO2)c(=O)c1Br. The standard InChI is InChI=1S/C12H17BrN2O2/c1-8-10(14)7-15(12(16)11(8)13)5-4-9-3-2-6-17-9/h7,9H,2-6,14H2,1H3. The molecule has 1 fully saturated rings. The molecule has 1 atom stereocenters. The van der Waals surface area contributed by atoms with Gasteiger partial charge in [-0.25, -0.2) is 0 Å². The van der Waals surface area contributed by atoms with Crippen LogP contribution in [0.3, 0.4) is 0 Å². The lowest BCUT2D eigenvalue weighted by molar-refractivity contribution is 0.100. The van der Waals surface area contributed by atoms with E-state index in [1.807, 2.05) is 6.92 Å². The van der Waals surface area contributed by atoms with Crippen LogP contribution in [0.2, 0.25) is 0 Å². The third-order valence-electron chi connectivity index (χ3n) is 3.22. The third-order valence-corrected chi connectivity index (χ3v) is 4.16. The quantitative estimate of drug-likeness (QED) is 0.930. The second-order valence-electron chi connectivity index (χ2n) is 4.45. The number of hydrogen-bond acceptors (Lipinski definition) is 3. The van der Waals surface area contributed by atoms with E-state index in [1.165, 1.54) is 0 Å². The number of rotatable bonds is 3. The number of pyridine rings is 1. The first kappa shape index (κ1) is 12.6. The van der Waals surface area contributed by atoms with Crippen LogP contribution in [0.15, 0.2) is 15.5 Å². The molecule has 0 aromatic carbocycles. The molecule has 2 N–H and O–H groups in total. The predicted molar refractivity (Wildman–Crippen MR) is 71.1 cm³/mol. The number of aromatic nitrogens is 1. The minimum atomic E-state index is -0.0188. The van der Waals surface area contributed by atoms with E-state index in [9.17, 15) is 4.79 Å². The minimum absolute atomic E-state index is 0.0188. The van der Waals surface area contributed by atoms with Crippen molar-refractivity contribution in [2.75, 3.05) is 12.3 Å². The van der Waals surface area contributed by atoms with Crippen molar-refractivity contribution in [3.63, 3.8) is 0 Å². The fourth-order valence-corrected chi connectivity index (χ4v) is 2.51. The van der Waals surface area contributed by atoms with E-state index in [-0.39, 0.29) is 5.56 Å². The van der Waals surface area contributed by atoms with Gasteiger partial charge in [0.15, 0.2) is 0 Å². The first-order valence-corrected chi connectivity index (χ1v) is 6.65. The number of ether oxygens (including phenoxy) is 1. The summed E-state index contributed by atoms with van der Waals surface area (Å²) in [7, 11) is 0. The van der Waals surface area contributed by atoms with Gasteiger partial charge in [-0.2, -0.15) is 0 Å². The Hall–Kier alpha value is -0.810. The maximum Gasteiger partial charge on any atom is 0.265 e. The Morgan fingerprint density at radius 2 is 2.41 bits per heavy atom. The van der Waals surface area contributed by atoms with Crippen molar-refractivity contribution in [1.29, 1.82) is 0 Å². The number of aryl methyl sites for hydroxylation is 1. The number of nitrogen functional groups attached to an aromatic ring is 1. The highest BCUT2D eigenvalue weighted by molar-refractivity contribution is 9.10. The fourth-order valence-electron chi connectivity index (χ4n) is 2.06. The highest BCUT2D eigenvalue weighted by Crippen LogP contribution is 2.19. The zero-order valence-corrected chi connectivity index (χ0v) is 11.5. The molecule has 0 saturated carbocycles. The van der Waals surface area contributed by atoms with Crippen molar-refractivity contribution in [2.45, 2.75) is 38.8 Å².